The van der Waals surface area contributed by atoms with Crippen molar-refractivity contribution in [1.29, 1.82) is 0 Å². The highest BCUT2D eigenvalue weighted by molar-refractivity contribution is 6.30. The summed E-state index contributed by atoms with van der Waals surface area (Å²) in [5, 5.41) is 4.15. The Hall–Kier alpha value is -2.34. The number of hydrogen-bond acceptors (Lipinski definition) is 4. The van der Waals surface area contributed by atoms with Gasteiger partial charge in [-0.05, 0) is 61.5 Å². The molecule has 0 aliphatic carbocycles. The van der Waals surface area contributed by atoms with E-state index in [0.29, 0.717) is 6.61 Å². The van der Waals surface area contributed by atoms with E-state index in [1.54, 1.807) is 0 Å². The van der Waals surface area contributed by atoms with E-state index in [0.717, 1.165) is 49.0 Å². The first-order valence-electron chi connectivity index (χ1n) is 9.96. The van der Waals surface area contributed by atoms with E-state index in [1.165, 1.54) is 22.8 Å². The number of fused-ring (bicyclic) bond motifs is 1. The molecule has 0 aliphatic rings. The number of nitrogens with two attached hydrogens (primary N) is 1. The van der Waals surface area contributed by atoms with Gasteiger partial charge in [-0.25, -0.2) is 4.98 Å². The number of halogens is 1. The van der Waals surface area contributed by atoms with E-state index in [9.17, 15) is 0 Å². The Labute approximate surface area is 178 Å². The highest BCUT2D eigenvalue weighted by Gasteiger charge is 2.11. The van der Waals surface area contributed by atoms with E-state index in [-0.39, 0.29) is 0 Å². The number of aromatic nitrogens is 2. The Bertz CT molecular complexity index is 890. The maximum Gasteiger partial charge on any atom is 0.123 e. The van der Waals surface area contributed by atoms with Crippen molar-refractivity contribution in [3.05, 3.63) is 77.2 Å². The molecule has 156 valence electrons. The molecule has 1 heterocycles. The number of benzene rings is 2. The summed E-state index contributed by atoms with van der Waals surface area (Å²) in [5.74, 6) is 1.06. The monoisotopic (exact) mass is 414 g/mol. The number of hydrogen-bond donors (Lipinski definition) is 2. The summed E-state index contributed by atoms with van der Waals surface area (Å²) in [6.45, 7) is 11.2. The van der Waals surface area contributed by atoms with Crippen LogP contribution in [0.4, 0.5) is 0 Å². The quantitative estimate of drug-likeness (QED) is 0.505. The van der Waals surface area contributed by atoms with E-state index < -0.39 is 0 Å². The smallest absolute Gasteiger partial charge is 0.123 e. The fraction of sp³-hybridized carbons (Fsp3) is 0.348. The molecular weight excluding hydrogens is 384 g/mol. The Morgan fingerprint density at radius 2 is 1.86 bits per heavy atom. The molecule has 0 saturated carbocycles. The summed E-state index contributed by atoms with van der Waals surface area (Å²) in [5.41, 5.74) is 9.34. The number of rotatable bonds is 9. The normalized spacial score (nSPS) is 10.6. The molecule has 0 radical (unpaired) electrons. The summed E-state index contributed by atoms with van der Waals surface area (Å²) in [6, 6.07) is 14.6. The summed E-state index contributed by atoms with van der Waals surface area (Å²) in [6.07, 6.45) is 2.13. The average Bonchev–Trinajstić information content (AvgIpc) is 3.06. The van der Waals surface area contributed by atoms with Crippen LogP contribution in [-0.2, 0) is 24.2 Å². The molecule has 0 amide bonds. The Morgan fingerprint density at radius 3 is 2.52 bits per heavy atom. The molecule has 0 spiro atoms. The Balaban J connectivity index is 0.000000941. The third kappa shape index (κ3) is 6.89. The van der Waals surface area contributed by atoms with Gasteiger partial charge in [0.25, 0.3) is 0 Å². The van der Waals surface area contributed by atoms with Crippen molar-refractivity contribution in [2.75, 3.05) is 19.8 Å². The summed E-state index contributed by atoms with van der Waals surface area (Å²) in [4.78, 5) is 4.82. The van der Waals surface area contributed by atoms with Crippen molar-refractivity contribution in [1.82, 2.24) is 14.9 Å². The van der Waals surface area contributed by atoms with Crippen LogP contribution in [0.3, 0.4) is 0 Å². The highest BCUT2D eigenvalue weighted by Crippen LogP contribution is 2.21. The number of nitrogens with one attached hydrogen (secondary N) is 1. The first-order valence-corrected chi connectivity index (χ1v) is 10.3. The van der Waals surface area contributed by atoms with E-state index >= 15 is 0 Å². The van der Waals surface area contributed by atoms with E-state index in [4.69, 9.17) is 21.3 Å². The molecule has 0 fully saturated rings. The topological polar surface area (TPSA) is 65.1 Å². The molecule has 3 rings (SSSR count). The van der Waals surface area contributed by atoms with E-state index in [2.05, 4.69) is 59.5 Å². The molecule has 0 atom stereocenters. The fourth-order valence-electron chi connectivity index (χ4n) is 3.09. The third-order valence-corrected chi connectivity index (χ3v) is 4.66. The maximum absolute atomic E-state index is 5.99. The predicted molar refractivity (Wildman–Crippen MR) is 122 cm³/mol. The molecule has 0 aliphatic heterocycles. The van der Waals surface area contributed by atoms with Gasteiger partial charge in [-0.15, -0.1) is 0 Å². The molecule has 0 unspecified atom stereocenters. The minimum Gasteiger partial charge on any atom is -0.405 e. The average molecular weight is 415 g/mol. The van der Waals surface area contributed by atoms with Crippen LogP contribution in [0.1, 0.15) is 30.8 Å². The lowest BCUT2D eigenvalue weighted by Crippen LogP contribution is -2.17. The van der Waals surface area contributed by atoms with Gasteiger partial charge in [-0.1, -0.05) is 43.3 Å². The van der Waals surface area contributed by atoms with Crippen LogP contribution in [0.5, 0.6) is 0 Å². The van der Waals surface area contributed by atoms with Crippen molar-refractivity contribution < 1.29 is 4.74 Å². The minimum atomic E-state index is 0.697. The van der Waals surface area contributed by atoms with Gasteiger partial charge < -0.3 is 20.4 Å². The lowest BCUT2D eigenvalue weighted by Gasteiger charge is -2.10. The second kappa shape index (κ2) is 12.3. The van der Waals surface area contributed by atoms with Gasteiger partial charge in [-0.3, -0.25) is 0 Å². The fourth-order valence-corrected chi connectivity index (χ4v) is 3.21. The molecule has 0 bridgehead atoms. The zero-order chi connectivity index (χ0) is 21.1. The van der Waals surface area contributed by atoms with Crippen LogP contribution in [0, 0.1) is 0 Å². The molecular formula is C23H31ClN4O. The zero-order valence-corrected chi connectivity index (χ0v) is 18.1. The second-order valence-corrected chi connectivity index (χ2v) is 6.96. The van der Waals surface area contributed by atoms with Gasteiger partial charge in [0.2, 0.25) is 0 Å². The standard InChI is InChI=1S/C21H26ClN3O.C2H5N/c1-3-23-15-21-24-19-10-7-17(13-16-5-8-18(22)9-6-16)14-20(19)25(21)11-12-26-4-2;1-2-3/h5-10,14,23H,3-4,11-13,15H2,1-2H3;2H,1,3H2. The lowest BCUT2D eigenvalue weighted by atomic mass is 10.0. The van der Waals surface area contributed by atoms with Crippen molar-refractivity contribution in [2.24, 2.45) is 5.73 Å². The molecule has 5 nitrogen and oxygen atoms in total. The van der Waals surface area contributed by atoms with Crippen LogP contribution < -0.4 is 11.1 Å². The van der Waals surface area contributed by atoms with Gasteiger partial charge in [0, 0.05) is 18.2 Å². The van der Waals surface area contributed by atoms with Crippen molar-refractivity contribution in [3.8, 4) is 0 Å². The maximum atomic E-state index is 5.99. The molecule has 0 saturated heterocycles. The molecule has 6 heteroatoms. The summed E-state index contributed by atoms with van der Waals surface area (Å²) < 4.78 is 7.85. The molecule has 2 aromatic carbocycles. The van der Waals surface area contributed by atoms with Crippen LogP contribution in [0.2, 0.25) is 5.02 Å². The van der Waals surface area contributed by atoms with Gasteiger partial charge in [0.1, 0.15) is 5.82 Å². The van der Waals surface area contributed by atoms with E-state index in [1.807, 2.05) is 19.1 Å². The van der Waals surface area contributed by atoms with Gasteiger partial charge >= 0.3 is 0 Å². The van der Waals surface area contributed by atoms with Gasteiger partial charge in [0.15, 0.2) is 0 Å². The van der Waals surface area contributed by atoms with Crippen molar-refractivity contribution >= 4 is 22.6 Å². The largest absolute Gasteiger partial charge is 0.405 e. The summed E-state index contributed by atoms with van der Waals surface area (Å²) in [7, 11) is 0. The second-order valence-electron chi connectivity index (χ2n) is 6.52. The molecule has 3 N–H and O–H groups in total. The number of nitrogens with zero attached hydrogens (tertiary/aromatic N) is 2. The Kier molecular flexibility index (Phi) is 9.71. The van der Waals surface area contributed by atoms with Crippen molar-refractivity contribution in [3.63, 3.8) is 0 Å². The zero-order valence-electron chi connectivity index (χ0n) is 17.3. The number of ether oxygens (including phenoxy) is 1. The van der Waals surface area contributed by atoms with Crippen LogP contribution in [0.15, 0.2) is 55.2 Å². The minimum absolute atomic E-state index is 0.697. The SMILES string of the molecule is C=CN.CCNCc1nc2ccc(Cc3ccc(Cl)cc3)cc2n1CCOCC. The highest BCUT2D eigenvalue weighted by atomic mass is 35.5. The lowest BCUT2D eigenvalue weighted by molar-refractivity contribution is 0.139. The van der Waals surface area contributed by atoms with Crippen LogP contribution in [-0.4, -0.2) is 29.3 Å². The van der Waals surface area contributed by atoms with Crippen LogP contribution in [0.25, 0.3) is 11.0 Å². The molecule has 1 aromatic heterocycles. The summed E-state index contributed by atoms with van der Waals surface area (Å²) >= 11 is 5.99. The first kappa shape index (κ1) is 22.9. The predicted octanol–water partition coefficient (Wildman–Crippen LogP) is 4.52. The molecule has 3 aromatic rings. The first-order chi connectivity index (χ1) is 14.1. The number of imidazole rings is 1. The van der Waals surface area contributed by atoms with Gasteiger partial charge in [-0.2, -0.15) is 0 Å². The third-order valence-electron chi connectivity index (χ3n) is 4.41. The molecule has 29 heavy (non-hydrogen) atoms. The Morgan fingerprint density at radius 1 is 1.17 bits per heavy atom. The van der Waals surface area contributed by atoms with Crippen molar-refractivity contribution in [2.45, 2.75) is 33.4 Å². The van der Waals surface area contributed by atoms with Gasteiger partial charge in [0.05, 0.1) is 24.2 Å². The van der Waals surface area contributed by atoms with Crippen LogP contribution >= 0.6 is 11.6 Å².